The highest BCUT2D eigenvalue weighted by Gasteiger charge is 2.36. The Kier molecular flexibility index (Phi) is 4.50. The van der Waals surface area contributed by atoms with E-state index in [0.717, 1.165) is 12.8 Å². The number of rotatable bonds is 5. The predicted molar refractivity (Wildman–Crippen MR) is 74.7 cm³/mol. The monoisotopic (exact) mass is 288 g/mol. The van der Waals surface area contributed by atoms with Crippen molar-refractivity contribution in [2.45, 2.75) is 57.2 Å². The number of nitrogens with zero attached hydrogens (tertiary/aromatic N) is 1. The first kappa shape index (κ1) is 14.8. The highest BCUT2D eigenvalue weighted by atomic mass is 32.2. The molecule has 6 heteroatoms. The van der Waals surface area contributed by atoms with E-state index in [-0.39, 0.29) is 23.5 Å². The van der Waals surface area contributed by atoms with Crippen molar-refractivity contribution in [3.8, 4) is 0 Å². The summed E-state index contributed by atoms with van der Waals surface area (Å²) in [4.78, 5) is 13.8. The average Bonchev–Trinajstić information content (AvgIpc) is 2.66. The van der Waals surface area contributed by atoms with Crippen LogP contribution in [0.25, 0.3) is 0 Å². The van der Waals surface area contributed by atoms with Crippen molar-refractivity contribution in [3.05, 3.63) is 0 Å². The first-order chi connectivity index (χ1) is 8.91. The number of nitrogens with one attached hydrogen (secondary N) is 1. The molecular weight excluding hydrogens is 264 g/mol. The molecule has 2 saturated heterocycles. The lowest BCUT2D eigenvalue weighted by Gasteiger charge is -2.35. The zero-order valence-corrected chi connectivity index (χ0v) is 12.6. The molecular formula is C13H24N2O3S. The zero-order valence-electron chi connectivity index (χ0n) is 11.8. The maximum Gasteiger partial charge on any atom is 0.237 e. The van der Waals surface area contributed by atoms with Gasteiger partial charge in [-0.15, -0.1) is 0 Å². The molecule has 0 radical (unpaired) electrons. The van der Waals surface area contributed by atoms with Gasteiger partial charge < -0.3 is 10.2 Å². The van der Waals surface area contributed by atoms with Gasteiger partial charge in [0.1, 0.15) is 5.75 Å². The van der Waals surface area contributed by atoms with Crippen molar-refractivity contribution < 1.29 is 13.2 Å². The van der Waals surface area contributed by atoms with E-state index >= 15 is 0 Å². The van der Waals surface area contributed by atoms with Gasteiger partial charge in [-0.2, -0.15) is 0 Å². The Morgan fingerprint density at radius 1 is 1.26 bits per heavy atom. The summed E-state index contributed by atoms with van der Waals surface area (Å²) in [5, 5.41) is 3.53. The normalized spacial score (nSPS) is 30.3. The Balaban J connectivity index is 1.92. The number of sulfone groups is 1. The highest BCUT2D eigenvalue weighted by molar-refractivity contribution is 7.92. The molecule has 2 rings (SSSR count). The molecule has 0 aromatic rings. The molecule has 2 heterocycles. The van der Waals surface area contributed by atoms with Crippen LogP contribution in [0, 0.1) is 0 Å². The largest absolute Gasteiger partial charge is 0.342 e. The van der Waals surface area contributed by atoms with Gasteiger partial charge in [-0.1, -0.05) is 6.92 Å². The molecule has 2 atom stereocenters. The minimum absolute atomic E-state index is 0.101. The average molecular weight is 288 g/mol. The predicted octanol–water partition coefficient (Wildman–Crippen LogP) is 0.553. The van der Waals surface area contributed by atoms with E-state index < -0.39 is 9.84 Å². The van der Waals surface area contributed by atoms with E-state index in [9.17, 15) is 13.2 Å². The number of hydrogen-bond donors (Lipinski definition) is 1. The minimum atomic E-state index is -3.23. The molecule has 2 bridgehead atoms. The maximum absolute atomic E-state index is 12.1. The molecule has 0 aromatic carbocycles. The number of carbonyl (C=O) groups excluding carboxylic acids is 1. The van der Waals surface area contributed by atoms with Crippen molar-refractivity contribution in [2.75, 3.05) is 18.6 Å². The second-order valence-electron chi connectivity index (χ2n) is 5.86. The van der Waals surface area contributed by atoms with Crippen LogP contribution in [-0.4, -0.2) is 55.9 Å². The SMILES string of the molecule is CCCS(=O)(=O)CC(=O)N(C)C1CC2CCC(C1)N2. The van der Waals surface area contributed by atoms with Gasteiger partial charge in [0.05, 0.1) is 5.75 Å². The van der Waals surface area contributed by atoms with Gasteiger partial charge in [-0.3, -0.25) is 4.79 Å². The molecule has 19 heavy (non-hydrogen) atoms. The van der Waals surface area contributed by atoms with E-state index in [1.165, 1.54) is 12.8 Å². The molecule has 1 N–H and O–H groups in total. The molecule has 0 aromatic heterocycles. The van der Waals surface area contributed by atoms with E-state index in [4.69, 9.17) is 0 Å². The van der Waals surface area contributed by atoms with Gasteiger partial charge in [0.2, 0.25) is 5.91 Å². The highest BCUT2D eigenvalue weighted by Crippen LogP contribution is 2.29. The third-order valence-electron chi connectivity index (χ3n) is 4.25. The molecule has 0 saturated carbocycles. The van der Waals surface area contributed by atoms with Gasteiger partial charge >= 0.3 is 0 Å². The Morgan fingerprint density at radius 3 is 2.37 bits per heavy atom. The van der Waals surface area contributed by atoms with Crippen LogP contribution in [-0.2, 0) is 14.6 Å². The molecule has 0 spiro atoms. The summed E-state index contributed by atoms with van der Waals surface area (Å²) in [5.41, 5.74) is 0. The van der Waals surface area contributed by atoms with Crippen LogP contribution in [0.4, 0.5) is 0 Å². The Hall–Kier alpha value is -0.620. The minimum Gasteiger partial charge on any atom is -0.342 e. The summed E-state index contributed by atoms with van der Waals surface area (Å²) in [5.74, 6) is -0.486. The van der Waals surface area contributed by atoms with Gasteiger partial charge in [0.15, 0.2) is 9.84 Å². The molecule has 2 aliphatic heterocycles. The summed E-state index contributed by atoms with van der Waals surface area (Å²) in [6.45, 7) is 1.82. The summed E-state index contributed by atoms with van der Waals surface area (Å²) in [6.07, 6.45) is 4.82. The van der Waals surface area contributed by atoms with Gasteiger partial charge in [0, 0.05) is 25.2 Å². The third-order valence-corrected chi connectivity index (χ3v) is 5.96. The van der Waals surface area contributed by atoms with Crippen LogP contribution in [0.3, 0.4) is 0 Å². The quantitative estimate of drug-likeness (QED) is 0.802. The van der Waals surface area contributed by atoms with E-state index in [0.29, 0.717) is 18.5 Å². The van der Waals surface area contributed by atoms with Crippen molar-refractivity contribution in [2.24, 2.45) is 0 Å². The summed E-state index contributed by atoms with van der Waals surface area (Å²) >= 11 is 0. The fourth-order valence-electron chi connectivity index (χ4n) is 3.22. The third kappa shape index (κ3) is 3.69. The fourth-order valence-corrected chi connectivity index (χ4v) is 4.57. The first-order valence-electron chi connectivity index (χ1n) is 7.13. The number of hydrogen-bond acceptors (Lipinski definition) is 4. The molecule has 5 nitrogen and oxygen atoms in total. The Labute approximate surface area is 115 Å². The molecule has 2 unspecified atom stereocenters. The smallest absolute Gasteiger partial charge is 0.237 e. The van der Waals surface area contributed by atoms with Crippen molar-refractivity contribution in [3.63, 3.8) is 0 Å². The number of carbonyl (C=O) groups is 1. The number of piperidine rings is 1. The first-order valence-corrected chi connectivity index (χ1v) is 8.95. The standard InChI is InChI=1S/C13H24N2O3S/c1-3-6-19(17,18)9-13(16)15(2)12-7-10-4-5-11(8-12)14-10/h10-12,14H,3-9H2,1-2H3. The van der Waals surface area contributed by atoms with E-state index in [1.54, 1.807) is 11.9 Å². The lowest BCUT2D eigenvalue weighted by atomic mass is 9.98. The van der Waals surface area contributed by atoms with Crippen LogP contribution in [0.2, 0.25) is 0 Å². The molecule has 2 fully saturated rings. The van der Waals surface area contributed by atoms with Crippen LogP contribution in [0.15, 0.2) is 0 Å². The summed E-state index contributed by atoms with van der Waals surface area (Å²) in [6, 6.07) is 1.21. The topological polar surface area (TPSA) is 66.5 Å². The van der Waals surface area contributed by atoms with Crippen LogP contribution < -0.4 is 5.32 Å². The van der Waals surface area contributed by atoms with Crippen molar-refractivity contribution >= 4 is 15.7 Å². The lowest BCUT2D eigenvalue weighted by Crippen LogP contribution is -2.49. The van der Waals surface area contributed by atoms with Gasteiger partial charge in [-0.25, -0.2) is 8.42 Å². The zero-order chi connectivity index (χ0) is 14.0. The summed E-state index contributed by atoms with van der Waals surface area (Å²) in [7, 11) is -1.48. The second-order valence-corrected chi connectivity index (χ2v) is 8.04. The molecule has 0 aliphatic carbocycles. The van der Waals surface area contributed by atoms with Crippen molar-refractivity contribution in [1.82, 2.24) is 10.2 Å². The lowest BCUT2D eigenvalue weighted by molar-refractivity contribution is -0.129. The summed E-state index contributed by atoms with van der Waals surface area (Å²) < 4.78 is 23.4. The molecule has 2 aliphatic rings. The van der Waals surface area contributed by atoms with Gasteiger partial charge in [-0.05, 0) is 32.1 Å². The fraction of sp³-hybridized carbons (Fsp3) is 0.923. The Bertz CT molecular complexity index is 423. The van der Waals surface area contributed by atoms with Crippen molar-refractivity contribution in [1.29, 1.82) is 0 Å². The number of amides is 1. The van der Waals surface area contributed by atoms with Crippen LogP contribution in [0.5, 0.6) is 0 Å². The van der Waals surface area contributed by atoms with Crippen LogP contribution >= 0.6 is 0 Å². The second kappa shape index (κ2) is 5.79. The maximum atomic E-state index is 12.1. The molecule has 1 amide bonds. The van der Waals surface area contributed by atoms with Crippen LogP contribution in [0.1, 0.15) is 39.0 Å². The van der Waals surface area contributed by atoms with Gasteiger partial charge in [0.25, 0.3) is 0 Å². The number of fused-ring (bicyclic) bond motifs is 2. The van der Waals surface area contributed by atoms with E-state index in [2.05, 4.69) is 5.32 Å². The molecule has 110 valence electrons. The van der Waals surface area contributed by atoms with E-state index in [1.807, 2.05) is 6.92 Å². The Morgan fingerprint density at radius 2 is 1.84 bits per heavy atom.